The van der Waals surface area contributed by atoms with Gasteiger partial charge in [0.2, 0.25) is 0 Å². The lowest BCUT2D eigenvalue weighted by atomic mass is 9.90. The molecular formula is C11H17N3. The first-order valence-electron chi connectivity index (χ1n) is 5.04. The Morgan fingerprint density at radius 2 is 2.36 bits per heavy atom. The number of aromatic nitrogens is 1. The van der Waals surface area contributed by atoms with Crippen molar-refractivity contribution in [3.05, 3.63) is 30.1 Å². The van der Waals surface area contributed by atoms with E-state index in [-0.39, 0.29) is 11.6 Å². The second kappa shape index (κ2) is 3.33. The first kappa shape index (κ1) is 9.62. The van der Waals surface area contributed by atoms with Gasteiger partial charge >= 0.3 is 0 Å². The summed E-state index contributed by atoms with van der Waals surface area (Å²) >= 11 is 0. The van der Waals surface area contributed by atoms with Gasteiger partial charge in [0.25, 0.3) is 0 Å². The molecule has 3 heteroatoms. The molecule has 0 aromatic carbocycles. The zero-order valence-electron chi connectivity index (χ0n) is 8.77. The Balaban J connectivity index is 2.40. The lowest BCUT2D eigenvalue weighted by Gasteiger charge is -2.35. The summed E-state index contributed by atoms with van der Waals surface area (Å²) in [7, 11) is 2.11. The number of likely N-dealkylation sites (tertiary alicyclic amines) is 1. The molecule has 0 amide bonds. The van der Waals surface area contributed by atoms with Crippen LogP contribution in [0, 0.1) is 0 Å². The molecule has 1 fully saturated rings. The minimum absolute atomic E-state index is 0.0960. The van der Waals surface area contributed by atoms with Crippen LogP contribution < -0.4 is 5.73 Å². The fourth-order valence-electron chi connectivity index (χ4n) is 2.18. The number of hydrogen-bond donors (Lipinski definition) is 1. The molecule has 3 nitrogen and oxygen atoms in total. The van der Waals surface area contributed by atoms with Gasteiger partial charge in [-0.15, -0.1) is 0 Å². The molecule has 2 atom stereocenters. The Hall–Kier alpha value is -0.930. The zero-order chi connectivity index (χ0) is 10.2. The van der Waals surface area contributed by atoms with Crippen molar-refractivity contribution in [3.8, 4) is 0 Å². The molecule has 0 spiro atoms. The third-order valence-electron chi connectivity index (χ3n) is 3.47. The van der Waals surface area contributed by atoms with Crippen LogP contribution in [0.4, 0.5) is 0 Å². The lowest BCUT2D eigenvalue weighted by Crippen LogP contribution is -2.47. The van der Waals surface area contributed by atoms with E-state index in [9.17, 15) is 0 Å². The molecule has 1 aromatic heterocycles. The standard InChI is InChI=1S/C11H17N3/c1-11(9(12)6-8-14(11)2)10-5-3-4-7-13-10/h3-5,7,9H,6,8,12H2,1-2H3. The second-order valence-corrected chi connectivity index (χ2v) is 4.18. The number of pyridine rings is 1. The third-order valence-corrected chi connectivity index (χ3v) is 3.47. The highest BCUT2D eigenvalue weighted by Gasteiger charge is 2.43. The van der Waals surface area contributed by atoms with Gasteiger partial charge in [-0.25, -0.2) is 0 Å². The number of nitrogens with two attached hydrogens (primary N) is 1. The van der Waals surface area contributed by atoms with Crippen molar-refractivity contribution in [1.29, 1.82) is 0 Å². The highest BCUT2D eigenvalue weighted by atomic mass is 15.2. The molecule has 0 aliphatic carbocycles. The molecule has 1 aromatic rings. The summed E-state index contributed by atoms with van der Waals surface area (Å²) in [5.74, 6) is 0. The Kier molecular flexibility index (Phi) is 2.29. The van der Waals surface area contributed by atoms with Crippen molar-refractivity contribution >= 4 is 0 Å². The maximum atomic E-state index is 6.15. The van der Waals surface area contributed by atoms with E-state index in [4.69, 9.17) is 5.73 Å². The second-order valence-electron chi connectivity index (χ2n) is 4.18. The summed E-state index contributed by atoms with van der Waals surface area (Å²) in [5, 5.41) is 0. The van der Waals surface area contributed by atoms with Gasteiger partial charge in [0, 0.05) is 18.8 Å². The van der Waals surface area contributed by atoms with Gasteiger partial charge in [-0.2, -0.15) is 0 Å². The molecule has 0 bridgehead atoms. The number of nitrogens with zero attached hydrogens (tertiary/aromatic N) is 2. The lowest BCUT2D eigenvalue weighted by molar-refractivity contribution is 0.175. The van der Waals surface area contributed by atoms with E-state index in [0.717, 1.165) is 18.7 Å². The smallest absolute Gasteiger partial charge is 0.0755 e. The van der Waals surface area contributed by atoms with Gasteiger partial charge in [0.1, 0.15) is 0 Å². The van der Waals surface area contributed by atoms with Crippen molar-refractivity contribution in [2.45, 2.75) is 24.9 Å². The Morgan fingerprint density at radius 1 is 1.57 bits per heavy atom. The first-order valence-corrected chi connectivity index (χ1v) is 5.04. The van der Waals surface area contributed by atoms with E-state index < -0.39 is 0 Å². The van der Waals surface area contributed by atoms with Crippen molar-refractivity contribution in [2.75, 3.05) is 13.6 Å². The van der Waals surface area contributed by atoms with Crippen molar-refractivity contribution < 1.29 is 0 Å². The van der Waals surface area contributed by atoms with Crippen LogP contribution in [0.3, 0.4) is 0 Å². The monoisotopic (exact) mass is 191 g/mol. The molecule has 76 valence electrons. The number of likely N-dealkylation sites (N-methyl/N-ethyl adjacent to an activating group) is 1. The molecule has 2 rings (SSSR count). The highest BCUT2D eigenvalue weighted by Crippen LogP contribution is 2.34. The van der Waals surface area contributed by atoms with Crippen molar-refractivity contribution in [2.24, 2.45) is 5.73 Å². The molecule has 1 saturated heterocycles. The Morgan fingerprint density at radius 3 is 2.86 bits per heavy atom. The van der Waals surface area contributed by atoms with Crippen LogP contribution in [0.1, 0.15) is 19.0 Å². The molecule has 2 unspecified atom stereocenters. The number of rotatable bonds is 1. The van der Waals surface area contributed by atoms with E-state index in [1.165, 1.54) is 0 Å². The first-order chi connectivity index (χ1) is 6.65. The summed E-state index contributed by atoms with van der Waals surface area (Å²) in [5.41, 5.74) is 7.13. The fourth-order valence-corrected chi connectivity index (χ4v) is 2.18. The van der Waals surface area contributed by atoms with Crippen LogP contribution in [0.15, 0.2) is 24.4 Å². The molecule has 2 N–H and O–H groups in total. The van der Waals surface area contributed by atoms with E-state index in [0.29, 0.717) is 0 Å². The SMILES string of the molecule is CN1CCC(N)C1(C)c1ccccn1. The van der Waals surface area contributed by atoms with Crippen LogP contribution >= 0.6 is 0 Å². The van der Waals surface area contributed by atoms with Crippen LogP contribution in [-0.4, -0.2) is 29.5 Å². The third kappa shape index (κ3) is 1.24. The summed E-state index contributed by atoms with van der Waals surface area (Å²) in [6.45, 7) is 3.22. The van der Waals surface area contributed by atoms with Crippen LogP contribution in [0.5, 0.6) is 0 Å². The van der Waals surface area contributed by atoms with Gasteiger partial charge in [0.05, 0.1) is 11.2 Å². The molecular weight excluding hydrogens is 174 g/mol. The summed E-state index contributed by atoms with van der Waals surface area (Å²) in [4.78, 5) is 6.70. The molecule has 14 heavy (non-hydrogen) atoms. The number of hydrogen-bond acceptors (Lipinski definition) is 3. The maximum absolute atomic E-state index is 6.15. The Bertz CT molecular complexity index is 300. The molecule has 1 aliphatic heterocycles. The van der Waals surface area contributed by atoms with E-state index in [2.05, 4.69) is 29.9 Å². The summed E-state index contributed by atoms with van der Waals surface area (Å²) < 4.78 is 0. The highest BCUT2D eigenvalue weighted by molar-refractivity contribution is 5.20. The van der Waals surface area contributed by atoms with Gasteiger partial charge in [0.15, 0.2) is 0 Å². The molecule has 0 radical (unpaired) electrons. The minimum Gasteiger partial charge on any atom is -0.326 e. The fraction of sp³-hybridized carbons (Fsp3) is 0.545. The van der Waals surface area contributed by atoms with E-state index in [1.807, 2.05) is 18.3 Å². The predicted octanol–water partition coefficient (Wildman–Crippen LogP) is 0.960. The molecule has 2 heterocycles. The quantitative estimate of drug-likeness (QED) is 0.719. The average molecular weight is 191 g/mol. The summed E-state index contributed by atoms with van der Waals surface area (Å²) in [6.07, 6.45) is 2.88. The van der Waals surface area contributed by atoms with Gasteiger partial charge in [-0.1, -0.05) is 6.07 Å². The summed E-state index contributed by atoms with van der Waals surface area (Å²) in [6, 6.07) is 6.20. The Labute approximate surface area is 84.9 Å². The average Bonchev–Trinajstić information content (AvgIpc) is 2.49. The van der Waals surface area contributed by atoms with E-state index >= 15 is 0 Å². The van der Waals surface area contributed by atoms with Crippen LogP contribution in [0.2, 0.25) is 0 Å². The molecule has 1 aliphatic rings. The molecule has 0 saturated carbocycles. The largest absolute Gasteiger partial charge is 0.326 e. The van der Waals surface area contributed by atoms with Gasteiger partial charge in [-0.05, 0) is 32.5 Å². The van der Waals surface area contributed by atoms with Gasteiger partial charge < -0.3 is 5.73 Å². The predicted molar refractivity (Wildman–Crippen MR) is 56.8 cm³/mol. The van der Waals surface area contributed by atoms with Crippen LogP contribution in [-0.2, 0) is 5.54 Å². The van der Waals surface area contributed by atoms with Crippen molar-refractivity contribution in [1.82, 2.24) is 9.88 Å². The van der Waals surface area contributed by atoms with Crippen molar-refractivity contribution in [3.63, 3.8) is 0 Å². The normalized spacial score (nSPS) is 33.5. The van der Waals surface area contributed by atoms with Crippen LogP contribution in [0.25, 0.3) is 0 Å². The maximum Gasteiger partial charge on any atom is 0.0755 e. The topological polar surface area (TPSA) is 42.1 Å². The minimum atomic E-state index is -0.0960. The van der Waals surface area contributed by atoms with Gasteiger partial charge in [-0.3, -0.25) is 9.88 Å². The van der Waals surface area contributed by atoms with E-state index in [1.54, 1.807) is 0 Å². The zero-order valence-corrected chi connectivity index (χ0v) is 8.77.